The molecular formula is C12H12Br2N2S. The zero-order valence-electron chi connectivity index (χ0n) is 9.28. The van der Waals surface area contributed by atoms with Crippen molar-refractivity contribution in [3.8, 4) is 0 Å². The Kier molecular flexibility index (Phi) is 4.59. The molecule has 2 aromatic heterocycles. The summed E-state index contributed by atoms with van der Waals surface area (Å²) in [5.41, 5.74) is 1.36. The van der Waals surface area contributed by atoms with E-state index in [9.17, 15) is 0 Å². The molecule has 2 heterocycles. The predicted molar refractivity (Wildman–Crippen MR) is 80.7 cm³/mol. The van der Waals surface area contributed by atoms with Crippen molar-refractivity contribution >= 4 is 49.0 Å². The minimum absolute atomic E-state index is 0.356. The van der Waals surface area contributed by atoms with Crippen LogP contribution in [-0.4, -0.2) is 11.0 Å². The zero-order valence-corrected chi connectivity index (χ0v) is 13.3. The number of nitrogens with zero attached hydrogens (tertiary/aromatic N) is 1. The molecule has 0 aliphatic rings. The maximum Gasteiger partial charge on any atom is 0.140 e. The van der Waals surface area contributed by atoms with E-state index in [1.165, 1.54) is 5.56 Å². The van der Waals surface area contributed by atoms with Gasteiger partial charge in [-0.1, -0.05) is 0 Å². The maximum atomic E-state index is 4.34. The number of hydrogen-bond acceptors (Lipinski definition) is 3. The first-order chi connectivity index (χ1) is 8.15. The van der Waals surface area contributed by atoms with Gasteiger partial charge in [0, 0.05) is 16.7 Å². The van der Waals surface area contributed by atoms with Gasteiger partial charge < -0.3 is 5.32 Å². The molecule has 1 N–H and O–H groups in total. The number of halogens is 2. The molecule has 0 aliphatic heterocycles. The van der Waals surface area contributed by atoms with Crippen LogP contribution in [0.25, 0.3) is 0 Å². The van der Waals surface area contributed by atoms with Crippen molar-refractivity contribution in [1.82, 2.24) is 4.98 Å². The molecule has 0 fully saturated rings. The molecule has 0 amide bonds. The van der Waals surface area contributed by atoms with E-state index in [2.05, 4.69) is 65.9 Å². The smallest absolute Gasteiger partial charge is 0.140 e. The fourth-order valence-corrected chi connectivity index (χ4v) is 3.35. The summed E-state index contributed by atoms with van der Waals surface area (Å²) < 4.78 is 1.95. The van der Waals surface area contributed by atoms with Gasteiger partial charge in [0.15, 0.2) is 0 Å². The molecule has 0 bridgehead atoms. The van der Waals surface area contributed by atoms with Gasteiger partial charge >= 0.3 is 0 Å². The third-order valence-electron chi connectivity index (χ3n) is 2.31. The lowest BCUT2D eigenvalue weighted by atomic mass is 10.1. The van der Waals surface area contributed by atoms with Crippen LogP contribution in [0.15, 0.2) is 38.0 Å². The van der Waals surface area contributed by atoms with E-state index in [4.69, 9.17) is 0 Å². The van der Waals surface area contributed by atoms with Gasteiger partial charge in [-0.15, -0.1) is 0 Å². The van der Waals surface area contributed by atoms with Gasteiger partial charge in [0.05, 0.1) is 4.47 Å². The van der Waals surface area contributed by atoms with Crippen molar-refractivity contribution in [3.05, 3.63) is 43.6 Å². The summed E-state index contributed by atoms with van der Waals surface area (Å²) in [5, 5.41) is 7.69. The Morgan fingerprint density at radius 2 is 2.29 bits per heavy atom. The third kappa shape index (κ3) is 3.79. The second-order valence-corrected chi connectivity index (χ2v) is 6.42. The van der Waals surface area contributed by atoms with Crippen LogP contribution in [-0.2, 0) is 6.42 Å². The molecule has 0 saturated heterocycles. The van der Waals surface area contributed by atoms with Gasteiger partial charge in [-0.2, -0.15) is 11.3 Å². The molecule has 0 radical (unpaired) electrons. The van der Waals surface area contributed by atoms with Gasteiger partial charge in [0.2, 0.25) is 0 Å². The van der Waals surface area contributed by atoms with Crippen LogP contribution in [0.1, 0.15) is 12.5 Å². The summed E-state index contributed by atoms with van der Waals surface area (Å²) in [6.45, 7) is 2.16. The first-order valence-corrected chi connectivity index (χ1v) is 7.76. The summed E-state index contributed by atoms with van der Waals surface area (Å²) >= 11 is 8.63. The Bertz CT molecular complexity index is 485. The highest BCUT2D eigenvalue weighted by Gasteiger charge is 2.07. The number of pyridine rings is 1. The number of nitrogens with one attached hydrogen (secondary N) is 1. The van der Waals surface area contributed by atoms with E-state index in [-0.39, 0.29) is 0 Å². The summed E-state index contributed by atoms with van der Waals surface area (Å²) in [6.07, 6.45) is 2.80. The van der Waals surface area contributed by atoms with Crippen molar-refractivity contribution in [1.29, 1.82) is 0 Å². The highest BCUT2D eigenvalue weighted by atomic mass is 79.9. The van der Waals surface area contributed by atoms with Gasteiger partial charge in [-0.25, -0.2) is 4.98 Å². The Labute approximate surface area is 122 Å². The lowest BCUT2D eigenvalue weighted by Crippen LogP contribution is -2.18. The van der Waals surface area contributed by atoms with E-state index < -0.39 is 0 Å². The minimum atomic E-state index is 0.356. The molecule has 1 atom stereocenters. The normalized spacial score (nSPS) is 12.4. The maximum absolute atomic E-state index is 4.34. The standard InChI is InChI=1S/C12H12Br2N2S/c1-8(4-9-2-3-17-7-9)16-12-11(14)5-10(13)6-15-12/h2-3,5-8H,4H2,1H3,(H,15,16). The molecule has 1 unspecified atom stereocenters. The SMILES string of the molecule is CC(Cc1ccsc1)Nc1ncc(Br)cc1Br. The van der Waals surface area contributed by atoms with Gasteiger partial charge in [-0.3, -0.25) is 0 Å². The van der Waals surface area contributed by atoms with Gasteiger partial charge in [-0.05, 0) is 73.7 Å². The first kappa shape index (κ1) is 13.1. The topological polar surface area (TPSA) is 24.9 Å². The van der Waals surface area contributed by atoms with Crippen molar-refractivity contribution in [3.63, 3.8) is 0 Å². The Morgan fingerprint density at radius 3 is 2.94 bits per heavy atom. The molecule has 0 saturated carbocycles. The molecule has 0 spiro atoms. The highest BCUT2D eigenvalue weighted by molar-refractivity contribution is 9.11. The number of rotatable bonds is 4. The Morgan fingerprint density at radius 1 is 1.47 bits per heavy atom. The largest absolute Gasteiger partial charge is 0.366 e. The van der Waals surface area contributed by atoms with Crippen molar-refractivity contribution in [2.75, 3.05) is 5.32 Å². The molecule has 0 aromatic carbocycles. The van der Waals surface area contributed by atoms with Crippen molar-refractivity contribution in [2.24, 2.45) is 0 Å². The lowest BCUT2D eigenvalue weighted by molar-refractivity contribution is 0.786. The van der Waals surface area contributed by atoms with Gasteiger partial charge in [0.25, 0.3) is 0 Å². The minimum Gasteiger partial charge on any atom is -0.366 e. The Hall–Kier alpha value is -0.390. The van der Waals surface area contributed by atoms with Crippen LogP contribution in [0.3, 0.4) is 0 Å². The van der Waals surface area contributed by atoms with Crippen LogP contribution >= 0.6 is 43.2 Å². The average Bonchev–Trinajstić information content (AvgIpc) is 2.75. The number of hydrogen-bond donors (Lipinski definition) is 1. The molecular weight excluding hydrogens is 364 g/mol. The second kappa shape index (κ2) is 5.98. The van der Waals surface area contributed by atoms with Crippen LogP contribution in [0.4, 0.5) is 5.82 Å². The number of aromatic nitrogens is 1. The van der Waals surface area contributed by atoms with E-state index >= 15 is 0 Å². The van der Waals surface area contributed by atoms with Crippen molar-refractivity contribution in [2.45, 2.75) is 19.4 Å². The summed E-state index contributed by atoms with van der Waals surface area (Å²) in [4.78, 5) is 4.34. The number of thiophene rings is 1. The molecule has 0 aliphatic carbocycles. The highest BCUT2D eigenvalue weighted by Crippen LogP contribution is 2.24. The molecule has 2 nitrogen and oxygen atoms in total. The molecule has 2 aromatic rings. The zero-order chi connectivity index (χ0) is 12.3. The monoisotopic (exact) mass is 374 g/mol. The van der Waals surface area contributed by atoms with E-state index in [0.29, 0.717) is 6.04 Å². The van der Waals surface area contributed by atoms with E-state index in [1.807, 2.05) is 6.07 Å². The van der Waals surface area contributed by atoms with Crippen molar-refractivity contribution < 1.29 is 0 Å². The van der Waals surface area contributed by atoms with Crippen LogP contribution < -0.4 is 5.32 Å². The summed E-state index contributed by atoms with van der Waals surface area (Å²) in [6, 6.07) is 4.51. The number of anilines is 1. The quantitative estimate of drug-likeness (QED) is 0.836. The fourth-order valence-electron chi connectivity index (χ4n) is 1.57. The van der Waals surface area contributed by atoms with E-state index in [0.717, 1.165) is 21.2 Å². The lowest BCUT2D eigenvalue weighted by Gasteiger charge is -2.15. The van der Waals surface area contributed by atoms with Crippen LogP contribution in [0.5, 0.6) is 0 Å². The predicted octanol–water partition coefficient (Wildman–Crippen LogP) is 4.71. The molecule has 2 rings (SSSR count). The fraction of sp³-hybridized carbons (Fsp3) is 0.250. The molecule has 90 valence electrons. The molecule has 17 heavy (non-hydrogen) atoms. The average molecular weight is 376 g/mol. The summed E-state index contributed by atoms with van der Waals surface area (Å²) in [5.74, 6) is 0.885. The van der Waals surface area contributed by atoms with Crippen LogP contribution in [0, 0.1) is 0 Å². The summed E-state index contributed by atoms with van der Waals surface area (Å²) in [7, 11) is 0. The van der Waals surface area contributed by atoms with Gasteiger partial charge in [0.1, 0.15) is 5.82 Å². The first-order valence-electron chi connectivity index (χ1n) is 5.24. The van der Waals surface area contributed by atoms with Crippen LogP contribution in [0.2, 0.25) is 0 Å². The third-order valence-corrected chi connectivity index (χ3v) is 4.08. The Balaban J connectivity index is 2.00. The van der Waals surface area contributed by atoms with E-state index in [1.54, 1.807) is 17.5 Å². The second-order valence-electron chi connectivity index (χ2n) is 3.87. The molecule has 5 heteroatoms.